The Balaban J connectivity index is 2.52. The Labute approximate surface area is 98.2 Å². The summed E-state index contributed by atoms with van der Waals surface area (Å²) in [7, 11) is 0. The molecule has 0 spiro atoms. The minimum Gasteiger partial charge on any atom is -0.462 e. The molecular formula is C13H24O3. The van der Waals surface area contributed by atoms with Crippen LogP contribution in [0.3, 0.4) is 0 Å². The molecule has 0 bridgehead atoms. The first-order chi connectivity index (χ1) is 7.27. The summed E-state index contributed by atoms with van der Waals surface area (Å²) in [6, 6.07) is 0. The molecule has 1 fully saturated rings. The van der Waals surface area contributed by atoms with Crippen molar-refractivity contribution in [3.05, 3.63) is 0 Å². The van der Waals surface area contributed by atoms with E-state index in [2.05, 4.69) is 0 Å². The molecule has 0 aliphatic heterocycles. The molecule has 0 heterocycles. The summed E-state index contributed by atoms with van der Waals surface area (Å²) in [4.78, 5) is 11.9. The summed E-state index contributed by atoms with van der Waals surface area (Å²) < 4.78 is 5.48. The molecule has 3 heteroatoms. The highest BCUT2D eigenvalue weighted by Crippen LogP contribution is 2.31. The maximum Gasteiger partial charge on any atom is 0.311 e. The van der Waals surface area contributed by atoms with E-state index in [1.165, 1.54) is 0 Å². The lowest BCUT2D eigenvalue weighted by atomic mass is 9.84. The van der Waals surface area contributed by atoms with Gasteiger partial charge in [-0.1, -0.05) is 6.92 Å². The van der Waals surface area contributed by atoms with Gasteiger partial charge in [0.1, 0.15) is 6.10 Å². The van der Waals surface area contributed by atoms with Gasteiger partial charge in [-0.15, -0.1) is 0 Å². The summed E-state index contributed by atoms with van der Waals surface area (Å²) >= 11 is 0. The molecule has 1 aliphatic carbocycles. The normalized spacial score (nSPS) is 31.2. The van der Waals surface area contributed by atoms with Crippen molar-refractivity contribution in [2.24, 2.45) is 5.41 Å². The average Bonchev–Trinajstić information content (AvgIpc) is 2.16. The first kappa shape index (κ1) is 13.5. The van der Waals surface area contributed by atoms with E-state index in [0.717, 1.165) is 25.7 Å². The van der Waals surface area contributed by atoms with Crippen LogP contribution in [0.5, 0.6) is 0 Å². The lowest BCUT2D eigenvalue weighted by molar-refractivity contribution is -0.165. The number of hydrogen-bond donors (Lipinski definition) is 1. The third-order valence-electron chi connectivity index (χ3n) is 3.62. The van der Waals surface area contributed by atoms with E-state index in [9.17, 15) is 9.90 Å². The largest absolute Gasteiger partial charge is 0.462 e. The van der Waals surface area contributed by atoms with E-state index < -0.39 is 11.0 Å². The number of carbonyl (C=O) groups excluding carboxylic acids is 1. The number of carbonyl (C=O) groups is 1. The van der Waals surface area contributed by atoms with E-state index >= 15 is 0 Å². The second-order valence-electron chi connectivity index (χ2n) is 5.86. The second-order valence-corrected chi connectivity index (χ2v) is 5.86. The Kier molecular flexibility index (Phi) is 4.00. The smallest absolute Gasteiger partial charge is 0.311 e. The summed E-state index contributed by atoms with van der Waals surface area (Å²) in [6.45, 7) is 7.60. The van der Waals surface area contributed by atoms with Crippen molar-refractivity contribution in [1.82, 2.24) is 0 Å². The zero-order valence-corrected chi connectivity index (χ0v) is 10.9. The standard InChI is InChI=1S/C13H24O3/c1-5-12(2,3)11(14)16-10-7-6-8-13(4,15)9-10/h10,15H,5-9H2,1-4H3. The summed E-state index contributed by atoms with van der Waals surface area (Å²) in [5.74, 6) is -0.141. The molecular weight excluding hydrogens is 204 g/mol. The van der Waals surface area contributed by atoms with Crippen LogP contribution in [0.4, 0.5) is 0 Å². The predicted molar refractivity (Wildman–Crippen MR) is 63.0 cm³/mol. The van der Waals surface area contributed by atoms with Gasteiger partial charge in [-0.2, -0.15) is 0 Å². The van der Waals surface area contributed by atoms with E-state index in [1.54, 1.807) is 0 Å². The Hall–Kier alpha value is -0.570. The van der Waals surface area contributed by atoms with Crippen molar-refractivity contribution in [2.75, 3.05) is 0 Å². The minimum atomic E-state index is -0.667. The lowest BCUT2D eigenvalue weighted by Gasteiger charge is -2.35. The van der Waals surface area contributed by atoms with Gasteiger partial charge in [0, 0.05) is 6.42 Å². The number of aliphatic hydroxyl groups is 1. The fourth-order valence-corrected chi connectivity index (χ4v) is 1.96. The molecule has 0 radical (unpaired) electrons. The van der Waals surface area contributed by atoms with E-state index in [-0.39, 0.29) is 12.1 Å². The molecule has 0 aromatic carbocycles. The lowest BCUT2D eigenvalue weighted by Crippen LogP contribution is -2.39. The molecule has 1 aliphatic rings. The maximum atomic E-state index is 11.9. The monoisotopic (exact) mass is 228 g/mol. The SMILES string of the molecule is CCC(C)(C)C(=O)OC1CCCC(C)(O)C1. The first-order valence-corrected chi connectivity index (χ1v) is 6.20. The van der Waals surface area contributed by atoms with Gasteiger partial charge in [0.15, 0.2) is 0 Å². The van der Waals surface area contributed by atoms with Crippen LogP contribution >= 0.6 is 0 Å². The second kappa shape index (κ2) is 4.74. The highest BCUT2D eigenvalue weighted by atomic mass is 16.5. The Morgan fingerprint density at radius 2 is 2.19 bits per heavy atom. The summed E-state index contributed by atoms with van der Waals surface area (Å²) in [6.07, 6.45) is 3.84. The molecule has 2 unspecified atom stereocenters. The predicted octanol–water partition coefficient (Wildman–Crippen LogP) is 2.66. The van der Waals surface area contributed by atoms with Crippen LogP contribution in [0, 0.1) is 5.41 Å². The molecule has 0 aromatic heterocycles. The Morgan fingerprint density at radius 1 is 1.56 bits per heavy atom. The van der Waals surface area contributed by atoms with Gasteiger partial charge in [-0.25, -0.2) is 0 Å². The van der Waals surface area contributed by atoms with Crippen molar-refractivity contribution in [3.63, 3.8) is 0 Å². The van der Waals surface area contributed by atoms with Crippen LogP contribution in [0.15, 0.2) is 0 Å². The van der Waals surface area contributed by atoms with Crippen molar-refractivity contribution in [2.45, 2.75) is 71.5 Å². The number of rotatable bonds is 3. The van der Waals surface area contributed by atoms with Crippen molar-refractivity contribution in [3.8, 4) is 0 Å². The van der Waals surface area contributed by atoms with Gasteiger partial charge in [0.2, 0.25) is 0 Å². The third-order valence-corrected chi connectivity index (χ3v) is 3.62. The van der Waals surface area contributed by atoms with E-state index in [1.807, 2.05) is 27.7 Å². The fourth-order valence-electron chi connectivity index (χ4n) is 1.96. The molecule has 0 aromatic rings. The summed E-state index contributed by atoms with van der Waals surface area (Å²) in [5.41, 5.74) is -1.08. The van der Waals surface area contributed by atoms with Gasteiger partial charge in [-0.3, -0.25) is 4.79 Å². The number of ether oxygens (including phenoxy) is 1. The number of esters is 1. The van der Waals surface area contributed by atoms with Gasteiger partial charge in [0.05, 0.1) is 11.0 Å². The molecule has 2 atom stereocenters. The maximum absolute atomic E-state index is 11.9. The first-order valence-electron chi connectivity index (χ1n) is 6.20. The molecule has 16 heavy (non-hydrogen) atoms. The van der Waals surface area contributed by atoms with Crippen molar-refractivity contribution >= 4 is 5.97 Å². The van der Waals surface area contributed by atoms with Crippen LogP contribution < -0.4 is 0 Å². The molecule has 94 valence electrons. The highest BCUT2D eigenvalue weighted by molar-refractivity contribution is 5.76. The van der Waals surface area contributed by atoms with Crippen LogP contribution in [-0.2, 0) is 9.53 Å². The van der Waals surface area contributed by atoms with Gasteiger partial charge in [-0.05, 0) is 46.5 Å². The third kappa shape index (κ3) is 3.48. The molecule has 3 nitrogen and oxygen atoms in total. The topological polar surface area (TPSA) is 46.5 Å². The minimum absolute atomic E-state index is 0.109. The van der Waals surface area contributed by atoms with Crippen molar-refractivity contribution < 1.29 is 14.6 Å². The Morgan fingerprint density at radius 3 is 2.69 bits per heavy atom. The van der Waals surface area contributed by atoms with Crippen LogP contribution in [-0.4, -0.2) is 22.8 Å². The molecule has 0 amide bonds. The van der Waals surface area contributed by atoms with Gasteiger partial charge >= 0.3 is 5.97 Å². The van der Waals surface area contributed by atoms with Crippen LogP contribution in [0.1, 0.15) is 59.8 Å². The molecule has 1 N–H and O–H groups in total. The number of hydrogen-bond acceptors (Lipinski definition) is 3. The van der Waals surface area contributed by atoms with Crippen molar-refractivity contribution in [1.29, 1.82) is 0 Å². The molecule has 1 saturated carbocycles. The highest BCUT2D eigenvalue weighted by Gasteiger charge is 2.35. The average molecular weight is 228 g/mol. The van der Waals surface area contributed by atoms with Gasteiger partial charge < -0.3 is 9.84 Å². The van der Waals surface area contributed by atoms with Crippen LogP contribution in [0.25, 0.3) is 0 Å². The Bertz CT molecular complexity index is 256. The quantitative estimate of drug-likeness (QED) is 0.755. The molecule has 0 saturated heterocycles. The van der Waals surface area contributed by atoms with E-state index in [0.29, 0.717) is 6.42 Å². The fraction of sp³-hybridized carbons (Fsp3) is 0.923. The molecule has 1 rings (SSSR count). The zero-order chi connectivity index (χ0) is 12.4. The van der Waals surface area contributed by atoms with Crippen LogP contribution in [0.2, 0.25) is 0 Å². The zero-order valence-electron chi connectivity index (χ0n) is 10.9. The van der Waals surface area contributed by atoms with Gasteiger partial charge in [0.25, 0.3) is 0 Å². The summed E-state index contributed by atoms with van der Waals surface area (Å²) in [5, 5.41) is 9.93. The van der Waals surface area contributed by atoms with E-state index in [4.69, 9.17) is 4.74 Å².